The van der Waals surface area contributed by atoms with Gasteiger partial charge in [-0.15, -0.1) is 17.9 Å². The molecule has 3 nitrogen and oxygen atoms in total. The lowest BCUT2D eigenvalue weighted by molar-refractivity contribution is 0.0766. The van der Waals surface area contributed by atoms with Crippen LogP contribution in [0.5, 0.6) is 0 Å². The van der Waals surface area contributed by atoms with E-state index in [1.165, 1.54) is 11.3 Å². The van der Waals surface area contributed by atoms with Gasteiger partial charge in [0.25, 0.3) is 5.91 Å². The summed E-state index contributed by atoms with van der Waals surface area (Å²) < 4.78 is 0. The molecule has 1 amide bonds. The minimum absolute atomic E-state index is 0.00947. The van der Waals surface area contributed by atoms with Gasteiger partial charge in [-0.25, -0.2) is 4.98 Å². The van der Waals surface area contributed by atoms with Crippen LogP contribution in [0.25, 0.3) is 10.6 Å². The third kappa shape index (κ3) is 3.63. The van der Waals surface area contributed by atoms with E-state index in [1.807, 2.05) is 48.7 Å². The summed E-state index contributed by atoms with van der Waals surface area (Å²) in [5.74, 6) is 0.00947. The molecule has 0 aliphatic carbocycles. The number of thiazole rings is 1. The fourth-order valence-electron chi connectivity index (χ4n) is 2.43. The second kappa shape index (κ2) is 7.55. The first kappa shape index (κ1) is 16.6. The standard InChI is InChI=1S/C19H18N2OS2/c1-3-10-21(12-15-7-5-4-6-8-15)19(22)17-14(2)20-18(24-17)16-9-11-23-13-16/h3-9,11,13H,1,10,12H2,2H3. The summed E-state index contributed by atoms with van der Waals surface area (Å²) in [4.78, 5) is 20.1. The monoisotopic (exact) mass is 354 g/mol. The van der Waals surface area contributed by atoms with Crippen LogP contribution in [0.3, 0.4) is 0 Å². The highest BCUT2D eigenvalue weighted by Crippen LogP contribution is 2.30. The molecule has 24 heavy (non-hydrogen) atoms. The van der Waals surface area contributed by atoms with Gasteiger partial charge in [-0.2, -0.15) is 11.3 Å². The summed E-state index contributed by atoms with van der Waals surface area (Å²) in [6, 6.07) is 12.0. The Morgan fingerprint density at radius 1 is 1.29 bits per heavy atom. The average molecular weight is 355 g/mol. The lowest BCUT2D eigenvalue weighted by Crippen LogP contribution is -2.30. The average Bonchev–Trinajstić information content (AvgIpc) is 3.24. The number of aryl methyl sites for hydroxylation is 1. The largest absolute Gasteiger partial charge is 0.330 e. The Labute approximate surface area is 149 Å². The molecular formula is C19H18N2OS2. The lowest BCUT2D eigenvalue weighted by Gasteiger charge is -2.20. The number of benzene rings is 1. The third-order valence-corrected chi connectivity index (χ3v) is 5.49. The fraction of sp³-hybridized carbons (Fsp3) is 0.158. The summed E-state index contributed by atoms with van der Waals surface area (Å²) in [7, 11) is 0. The van der Waals surface area contributed by atoms with Gasteiger partial charge < -0.3 is 4.90 Å². The van der Waals surface area contributed by atoms with Crippen LogP contribution in [0.1, 0.15) is 20.9 Å². The predicted molar refractivity (Wildman–Crippen MR) is 102 cm³/mol. The van der Waals surface area contributed by atoms with Gasteiger partial charge in [0.2, 0.25) is 0 Å². The number of thiophene rings is 1. The molecule has 0 fully saturated rings. The second-order valence-electron chi connectivity index (χ2n) is 5.41. The van der Waals surface area contributed by atoms with Gasteiger partial charge in [-0.1, -0.05) is 36.4 Å². The van der Waals surface area contributed by atoms with Gasteiger partial charge in [0, 0.05) is 24.0 Å². The molecule has 122 valence electrons. The number of rotatable bonds is 6. The van der Waals surface area contributed by atoms with Gasteiger partial charge in [0.1, 0.15) is 9.88 Å². The summed E-state index contributed by atoms with van der Waals surface area (Å²) in [5, 5.41) is 4.97. The normalized spacial score (nSPS) is 10.5. The first-order valence-electron chi connectivity index (χ1n) is 7.63. The van der Waals surface area contributed by atoms with Crippen molar-refractivity contribution in [3.05, 3.63) is 75.9 Å². The predicted octanol–water partition coefficient (Wildman–Crippen LogP) is 5.01. The molecule has 0 aliphatic rings. The highest BCUT2D eigenvalue weighted by atomic mass is 32.1. The van der Waals surface area contributed by atoms with Crippen molar-refractivity contribution in [3.8, 4) is 10.6 Å². The molecule has 2 aromatic heterocycles. The molecule has 0 saturated heterocycles. The van der Waals surface area contributed by atoms with Crippen molar-refractivity contribution < 1.29 is 4.79 Å². The Bertz CT molecular complexity index is 822. The molecule has 2 heterocycles. The van der Waals surface area contributed by atoms with E-state index in [0.29, 0.717) is 18.0 Å². The van der Waals surface area contributed by atoms with Crippen molar-refractivity contribution >= 4 is 28.6 Å². The quantitative estimate of drug-likeness (QED) is 0.583. The van der Waals surface area contributed by atoms with E-state index in [2.05, 4.69) is 16.9 Å². The molecule has 0 spiro atoms. The van der Waals surface area contributed by atoms with E-state index in [1.54, 1.807) is 22.3 Å². The minimum Gasteiger partial charge on any atom is -0.330 e. The Balaban J connectivity index is 1.86. The Kier molecular flexibility index (Phi) is 5.23. The minimum atomic E-state index is 0.00947. The Hall–Kier alpha value is -2.24. The Morgan fingerprint density at radius 2 is 2.08 bits per heavy atom. The van der Waals surface area contributed by atoms with E-state index in [4.69, 9.17) is 0 Å². The molecule has 0 N–H and O–H groups in total. The topological polar surface area (TPSA) is 33.2 Å². The molecule has 0 saturated carbocycles. The SMILES string of the molecule is C=CCN(Cc1ccccc1)C(=O)c1sc(-c2ccsc2)nc1C. The van der Waals surface area contributed by atoms with Gasteiger partial charge in [-0.05, 0) is 23.9 Å². The van der Waals surface area contributed by atoms with Gasteiger partial charge in [0.15, 0.2) is 0 Å². The van der Waals surface area contributed by atoms with E-state index < -0.39 is 0 Å². The maximum Gasteiger partial charge on any atom is 0.266 e. The maximum absolute atomic E-state index is 13.0. The zero-order valence-corrected chi connectivity index (χ0v) is 15.1. The van der Waals surface area contributed by atoms with Crippen molar-refractivity contribution in [2.24, 2.45) is 0 Å². The van der Waals surface area contributed by atoms with Crippen LogP contribution < -0.4 is 0 Å². The number of carbonyl (C=O) groups excluding carboxylic acids is 1. The van der Waals surface area contributed by atoms with Gasteiger partial charge in [-0.3, -0.25) is 4.79 Å². The van der Waals surface area contributed by atoms with Crippen LogP contribution in [0.4, 0.5) is 0 Å². The lowest BCUT2D eigenvalue weighted by atomic mass is 10.2. The zero-order valence-electron chi connectivity index (χ0n) is 13.4. The van der Waals surface area contributed by atoms with E-state index in [0.717, 1.165) is 21.8 Å². The number of nitrogens with zero attached hydrogens (tertiary/aromatic N) is 2. The second-order valence-corrected chi connectivity index (χ2v) is 7.18. The summed E-state index contributed by atoms with van der Waals surface area (Å²) >= 11 is 3.09. The fourth-order valence-corrected chi connectivity index (χ4v) is 4.17. The van der Waals surface area contributed by atoms with Crippen molar-refractivity contribution in [2.45, 2.75) is 13.5 Å². The van der Waals surface area contributed by atoms with E-state index in [-0.39, 0.29) is 5.91 Å². The molecule has 3 aromatic rings. The smallest absolute Gasteiger partial charge is 0.266 e. The van der Waals surface area contributed by atoms with Gasteiger partial charge in [0.05, 0.1) is 5.69 Å². The molecule has 1 aromatic carbocycles. The van der Waals surface area contributed by atoms with Crippen LogP contribution in [0, 0.1) is 6.92 Å². The van der Waals surface area contributed by atoms with Crippen LogP contribution in [0.2, 0.25) is 0 Å². The number of aromatic nitrogens is 1. The van der Waals surface area contributed by atoms with Crippen molar-refractivity contribution in [1.29, 1.82) is 0 Å². The Morgan fingerprint density at radius 3 is 2.75 bits per heavy atom. The third-order valence-electron chi connectivity index (χ3n) is 3.61. The molecule has 5 heteroatoms. The highest BCUT2D eigenvalue weighted by molar-refractivity contribution is 7.17. The van der Waals surface area contributed by atoms with E-state index in [9.17, 15) is 4.79 Å². The van der Waals surface area contributed by atoms with Crippen molar-refractivity contribution in [1.82, 2.24) is 9.88 Å². The van der Waals surface area contributed by atoms with Crippen LogP contribution in [-0.2, 0) is 6.54 Å². The molecule has 0 bridgehead atoms. The summed E-state index contributed by atoms with van der Waals surface area (Å²) in [6.45, 7) is 6.76. The summed E-state index contributed by atoms with van der Waals surface area (Å²) in [5.41, 5.74) is 2.96. The van der Waals surface area contributed by atoms with Gasteiger partial charge >= 0.3 is 0 Å². The van der Waals surface area contributed by atoms with Crippen LogP contribution in [0.15, 0.2) is 59.8 Å². The highest BCUT2D eigenvalue weighted by Gasteiger charge is 2.21. The molecule has 0 atom stereocenters. The number of hydrogen-bond acceptors (Lipinski definition) is 4. The molecular weight excluding hydrogens is 336 g/mol. The van der Waals surface area contributed by atoms with Crippen LogP contribution >= 0.6 is 22.7 Å². The molecule has 3 rings (SSSR count). The number of hydrogen-bond donors (Lipinski definition) is 0. The van der Waals surface area contributed by atoms with E-state index >= 15 is 0 Å². The molecule has 0 unspecified atom stereocenters. The molecule has 0 aliphatic heterocycles. The molecule has 0 radical (unpaired) electrons. The van der Waals surface area contributed by atoms with Crippen molar-refractivity contribution in [3.63, 3.8) is 0 Å². The number of amides is 1. The van der Waals surface area contributed by atoms with Crippen LogP contribution in [-0.4, -0.2) is 22.3 Å². The summed E-state index contributed by atoms with van der Waals surface area (Å²) in [6.07, 6.45) is 1.76. The van der Waals surface area contributed by atoms with Crippen molar-refractivity contribution in [2.75, 3.05) is 6.54 Å². The first-order valence-corrected chi connectivity index (χ1v) is 9.39. The maximum atomic E-state index is 13.0. The zero-order chi connectivity index (χ0) is 16.9. The first-order chi connectivity index (χ1) is 11.7. The number of carbonyl (C=O) groups is 1.